The van der Waals surface area contributed by atoms with Gasteiger partial charge in [-0.1, -0.05) is 13.0 Å². The Morgan fingerprint density at radius 1 is 1.47 bits per heavy atom. The number of nitrogens with one attached hydrogen (secondary N) is 1. The molecular weight excluding hydrogens is 198 g/mol. The van der Waals surface area contributed by atoms with Crippen LogP contribution in [-0.2, 0) is 13.0 Å². The molecule has 1 heterocycles. The first-order valence-corrected chi connectivity index (χ1v) is 5.09. The molecule has 0 radical (unpaired) electrons. The highest BCUT2D eigenvalue weighted by Gasteiger charge is 2.14. The summed E-state index contributed by atoms with van der Waals surface area (Å²) in [5, 5.41) is 2.76. The van der Waals surface area contributed by atoms with Crippen LogP contribution in [0, 0.1) is 0 Å². The lowest BCUT2D eigenvalue weighted by Crippen LogP contribution is -2.32. The molecule has 0 aliphatic rings. The van der Waals surface area contributed by atoms with Gasteiger partial charge in [-0.15, -0.1) is 0 Å². The molecule has 0 amide bonds. The molecule has 0 saturated heterocycles. The van der Waals surface area contributed by atoms with Crippen molar-refractivity contribution in [3.8, 4) is 0 Å². The van der Waals surface area contributed by atoms with Crippen LogP contribution in [-0.4, -0.2) is 17.5 Å². The number of aromatic nitrogens is 1. The number of rotatable bonds is 5. The highest BCUT2D eigenvalue weighted by molar-refractivity contribution is 5.19. The lowest BCUT2D eigenvalue weighted by Gasteiger charge is -2.13. The first kappa shape index (κ1) is 12.0. The van der Waals surface area contributed by atoms with Gasteiger partial charge < -0.3 is 5.32 Å². The van der Waals surface area contributed by atoms with Crippen molar-refractivity contribution in [1.29, 1.82) is 0 Å². The summed E-state index contributed by atoms with van der Waals surface area (Å²) in [5.74, 6) is 0. The van der Waals surface area contributed by atoms with Gasteiger partial charge in [0.25, 0.3) is 6.43 Å². The maximum atomic E-state index is 12.2. The SMILES string of the molecule is CCc1cccnc1CNC(C)C(F)F. The van der Waals surface area contributed by atoms with Gasteiger partial charge in [0.2, 0.25) is 0 Å². The molecule has 1 atom stereocenters. The van der Waals surface area contributed by atoms with Gasteiger partial charge >= 0.3 is 0 Å². The largest absolute Gasteiger partial charge is 0.303 e. The number of hydrogen-bond donors (Lipinski definition) is 1. The summed E-state index contributed by atoms with van der Waals surface area (Å²) in [6, 6.07) is 3.03. The van der Waals surface area contributed by atoms with E-state index in [1.807, 2.05) is 19.1 Å². The fourth-order valence-electron chi connectivity index (χ4n) is 1.30. The van der Waals surface area contributed by atoms with E-state index in [1.54, 1.807) is 6.20 Å². The van der Waals surface area contributed by atoms with Crippen molar-refractivity contribution in [2.75, 3.05) is 0 Å². The van der Waals surface area contributed by atoms with Gasteiger partial charge in [-0.3, -0.25) is 4.98 Å². The number of hydrogen-bond acceptors (Lipinski definition) is 2. The molecule has 1 rings (SSSR count). The maximum Gasteiger partial charge on any atom is 0.253 e. The van der Waals surface area contributed by atoms with E-state index in [4.69, 9.17) is 0 Å². The Bertz CT molecular complexity index is 302. The molecule has 1 aromatic heterocycles. The second-order valence-corrected chi connectivity index (χ2v) is 3.47. The average Bonchev–Trinajstić information content (AvgIpc) is 2.26. The molecule has 2 nitrogen and oxygen atoms in total. The number of halogens is 2. The van der Waals surface area contributed by atoms with Gasteiger partial charge in [0, 0.05) is 12.7 Å². The zero-order valence-electron chi connectivity index (χ0n) is 9.00. The van der Waals surface area contributed by atoms with Gasteiger partial charge in [0.05, 0.1) is 11.7 Å². The normalized spacial score (nSPS) is 13.1. The van der Waals surface area contributed by atoms with E-state index < -0.39 is 12.5 Å². The molecule has 0 aliphatic heterocycles. The van der Waals surface area contributed by atoms with Crippen LogP contribution < -0.4 is 5.32 Å². The second kappa shape index (κ2) is 5.75. The fourth-order valence-corrected chi connectivity index (χ4v) is 1.30. The summed E-state index contributed by atoms with van der Waals surface area (Å²) in [4.78, 5) is 4.17. The third-order valence-corrected chi connectivity index (χ3v) is 2.33. The molecule has 84 valence electrons. The topological polar surface area (TPSA) is 24.9 Å². The predicted molar refractivity (Wildman–Crippen MR) is 55.9 cm³/mol. The quantitative estimate of drug-likeness (QED) is 0.814. The number of nitrogens with zero attached hydrogens (tertiary/aromatic N) is 1. The summed E-state index contributed by atoms with van der Waals surface area (Å²) >= 11 is 0. The zero-order valence-corrected chi connectivity index (χ0v) is 9.00. The second-order valence-electron chi connectivity index (χ2n) is 3.47. The Kier molecular flexibility index (Phi) is 4.62. The highest BCUT2D eigenvalue weighted by Crippen LogP contribution is 2.07. The molecule has 0 bridgehead atoms. The van der Waals surface area contributed by atoms with E-state index in [2.05, 4.69) is 10.3 Å². The first-order valence-electron chi connectivity index (χ1n) is 5.09. The van der Waals surface area contributed by atoms with Crippen LogP contribution in [0.1, 0.15) is 25.1 Å². The predicted octanol–water partition coefficient (Wildman–Crippen LogP) is 2.39. The van der Waals surface area contributed by atoms with Crippen LogP contribution in [0.3, 0.4) is 0 Å². The number of alkyl halides is 2. The van der Waals surface area contributed by atoms with E-state index in [0.29, 0.717) is 6.54 Å². The summed E-state index contributed by atoms with van der Waals surface area (Å²) in [5.41, 5.74) is 1.96. The molecule has 0 spiro atoms. The van der Waals surface area contributed by atoms with Gasteiger partial charge in [-0.25, -0.2) is 8.78 Å². The average molecular weight is 214 g/mol. The molecule has 4 heteroatoms. The van der Waals surface area contributed by atoms with Crippen LogP contribution in [0.4, 0.5) is 8.78 Å². The van der Waals surface area contributed by atoms with Crippen molar-refractivity contribution in [1.82, 2.24) is 10.3 Å². The summed E-state index contributed by atoms with van der Waals surface area (Å²) in [6.07, 6.45) is 0.218. The summed E-state index contributed by atoms with van der Waals surface area (Å²) < 4.78 is 24.5. The third-order valence-electron chi connectivity index (χ3n) is 2.33. The van der Waals surface area contributed by atoms with Crippen molar-refractivity contribution >= 4 is 0 Å². The molecular formula is C11H16F2N2. The monoisotopic (exact) mass is 214 g/mol. The lowest BCUT2D eigenvalue weighted by molar-refractivity contribution is 0.105. The van der Waals surface area contributed by atoms with E-state index in [1.165, 1.54) is 6.92 Å². The Morgan fingerprint density at radius 2 is 2.20 bits per heavy atom. The van der Waals surface area contributed by atoms with Crippen LogP contribution in [0.25, 0.3) is 0 Å². The fraction of sp³-hybridized carbons (Fsp3) is 0.545. The van der Waals surface area contributed by atoms with Gasteiger partial charge in [0.15, 0.2) is 0 Å². The molecule has 1 unspecified atom stereocenters. The van der Waals surface area contributed by atoms with Crippen molar-refractivity contribution in [2.24, 2.45) is 0 Å². The molecule has 0 aromatic carbocycles. The highest BCUT2D eigenvalue weighted by atomic mass is 19.3. The Morgan fingerprint density at radius 3 is 2.80 bits per heavy atom. The minimum absolute atomic E-state index is 0.398. The smallest absolute Gasteiger partial charge is 0.253 e. The molecule has 0 saturated carbocycles. The van der Waals surface area contributed by atoms with E-state index >= 15 is 0 Å². The van der Waals surface area contributed by atoms with Crippen LogP contribution in [0.15, 0.2) is 18.3 Å². The molecule has 1 aromatic rings. The standard InChI is InChI=1S/C11H16F2N2/c1-3-9-5-4-6-14-10(9)7-15-8(2)11(12)13/h4-6,8,11,15H,3,7H2,1-2H3. The van der Waals surface area contributed by atoms with Gasteiger partial charge in [-0.2, -0.15) is 0 Å². The van der Waals surface area contributed by atoms with Crippen LogP contribution in [0.2, 0.25) is 0 Å². The first-order chi connectivity index (χ1) is 7.15. The van der Waals surface area contributed by atoms with Crippen molar-refractivity contribution in [3.63, 3.8) is 0 Å². The van der Waals surface area contributed by atoms with Crippen molar-refractivity contribution in [3.05, 3.63) is 29.6 Å². The van der Waals surface area contributed by atoms with E-state index in [9.17, 15) is 8.78 Å². The van der Waals surface area contributed by atoms with Crippen molar-refractivity contribution < 1.29 is 8.78 Å². The van der Waals surface area contributed by atoms with Crippen LogP contribution in [0.5, 0.6) is 0 Å². The maximum absolute atomic E-state index is 12.2. The van der Waals surface area contributed by atoms with E-state index in [-0.39, 0.29) is 0 Å². The Labute approximate surface area is 88.7 Å². The van der Waals surface area contributed by atoms with E-state index in [0.717, 1.165) is 17.7 Å². The Hall–Kier alpha value is -1.03. The molecule has 0 aliphatic carbocycles. The van der Waals surface area contributed by atoms with Crippen LogP contribution >= 0.6 is 0 Å². The lowest BCUT2D eigenvalue weighted by atomic mass is 10.1. The Balaban J connectivity index is 2.57. The molecule has 15 heavy (non-hydrogen) atoms. The minimum atomic E-state index is -2.33. The number of pyridine rings is 1. The van der Waals surface area contributed by atoms with Gasteiger partial charge in [-0.05, 0) is 25.0 Å². The molecule has 0 fully saturated rings. The zero-order chi connectivity index (χ0) is 11.3. The third kappa shape index (κ3) is 3.55. The number of aryl methyl sites for hydroxylation is 1. The summed E-state index contributed by atoms with van der Waals surface area (Å²) in [6.45, 7) is 3.89. The summed E-state index contributed by atoms with van der Waals surface area (Å²) in [7, 11) is 0. The van der Waals surface area contributed by atoms with Crippen molar-refractivity contribution in [2.45, 2.75) is 39.3 Å². The molecule has 1 N–H and O–H groups in total. The van der Waals surface area contributed by atoms with Gasteiger partial charge in [0.1, 0.15) is 0 Å². The minimum Gasteiger partial charge on any atom is -0.303 e.